The van der Waals surface area contributed by atoms with Crippen LogP contribution in [0.15, 0.2) is 12.4 Å². The van der Waals surface area contributed by atoms with Gasteiger partial charge in [0.1, 0.15) is 5.84 Å². The Labute approximate surface area is 52.8 Å². The van der Waals surface area contributed by atoms with Gasteiger partial charge in [-0.3, -0.25) is 10.1 Å². The van der Waals surface area contributed by atoms with Crippen molar-refractivity contribution in [1.29, 1.82) is 5.41 Å². The summed E-state index contributed by atoms with van der Waals surface area (Å²) in [6, 6.07) is 0. The molecule has 0 unspecified atom stereocenters. The summed E-state index contributed by atoms with van der Waals surface area (Å²) in [6.07, 6.45) is 3.25. The Morgan fingerprint density at radius 3 is 2.78 bits per heavy atom. The Balaban J connectivity index is 2.98. The Morgan fingerprint density at radius 2 is 2.56 bits per heavy atom. The summed E-state index contributed by atoms with van der Waals surface area (Å²) >= 11 is 0. The van der Waals surface area contributed by atoms with Crippen molar-refractivity contribution >= 4 is 5.84 Å². The number of rotatable bonds is 1. The van der Waals surface area contributed by atoms with E-state index in [9.17, 15) is 0 Å². The summed E-state index contributed by atoms with van der Waals surface area (Å²) in [4.78, 5) is 0. The summed E-state index contributed by atoms with van der Waals surface area (Å²) in [5.74, 6) is 0.0584. The molecule has 0 saturated heterocycles. The van der Waals surface area contributed by atoms with Crippen LogP contribution in [0.1, 0.15) is 5.56 Å². The molecule has 0 aliphatic rings. The van der Waals surface area contributed by atoms with Crippen molar-refractivity contribution in [3.05, 3.63) is 18.0 Å². The molecule has 4 heteroatoms. The van der Waals surface area contributed by atoms with Crippen LogP contribution in [-0.2, 0) is 7.05 Å². The average Bonchev–Trinajstić information content (AvgIpc) is 2.14. The zero-order chi connectivity index (χ0) is 6.85. The largest absolute Gasteiger partial charge is 0.384 e. The zero-order valence-corrected chi connectivity index (χ0v) is 5.13. The molecule has 0 saturated carbocycles. The van der Waals surface area contributed by atoms with Gasteiger partial charge in [0.15, 0.2) is 0 Å². The first-order valence-electron chi connectivity index (χ1n) is 2.53. The fraction of sp³-hybridized carbons (Fsp3) is 0.200. The predicted octanol–water partition coefficient (Wildman–Crippen LogP) is -0.296. The molecule has 0 aliphatic carbocycles. The standard InChI is InChI=1S/C5H8N4/c1-9-3-4(2-8-9)5(6)7/h2-3H,1H3,(H3,6,7). The quantitative estimate of drug-likeness (QED) is 0.399. The van der Waals surface area contributed by atoms with E-state index in [0.717, 1.165) is 0 Å². The lowest BCUT2D eigenvalue weighted by atomic mass is 10.3. The van der Waals surface area contributed by atoms with E-state index in [1.165, 1.54) is 0 Å². The minimum absolute atomic E-state index is 0.0584. The molecule has 1 aromatic rings. The third-order valence-corrected chi connectivity index (χ3v) is 1.02. The number of aromatic nitrogens is 2. The van der Waals surface area contributed by atoms with Crippen molar-refractivity contribution < 1.29 is 0 Å². The lowest BCUT2D eigenvalue weighted by Gasteiger charge is -1.85. The Morgan fingerprint density at radius 1 is 1.89 bits per heavy atom. The van der Waals surface area contributed by atoms with Gasteiger partial charge in [-0.15, -0.1) is 0 Å². The lowest BCUT2D eigenvalue weighted by Crippen LogP contribution is -2.09. The maximum Gasteiger partial charge on any atom is 0.125 e. The molecule has 1 aromatic heterocycles. The number of aryl methyl sites for hydroxylation is 1. The fourth-order valence-electron chi connectivity index (χ4n) is 0.560. The van der Waals surface area contributed by atoms with Gasteiger partial charge in [0.05, 0.1) is 11.8 Å². The molecule has 0 fully saturated rings. The molecule has 1 rings (SSSR count). The van der Waals surface area contributed by atoms with Gasteiger partial charge in [-0.25, -0.2) is 0 Å². The van der Waals surface area contributed by atoms with Crippen LogP contribution in [-0.4, -0.2) is 15.6 Å². The van der Waals surface area contributed by atoms with E-state index >= 15 is 0 Å². The van der Waals surface area contributed by atoms with Gasteiger partial charge >= 0.3 is 0 Å². The van der Waals surface area contributed by atoms with Crippen molar-refractivity contribution in [3.63, 3.8) is 0 Å². The highest BCUT2D eigenvalue weighted by Gasteiger charge is 1.95. The van der Waals surface area contributed by atoms with Gasteiger partial charge in [-0.1, -0.05) is 0 Å². The zero-order valence-electron chi connectivity index (χ0n) is 5.13. The van der Waals surface area contributed by atoms with Crippen LogP contribution in [0.4, 0.5) is 0 Å². The van der Waals surface area contributed by atoms with E-state index in [1.807, 2.05) is 0 Å². The first-order chi connectivity index (χ1) is 4.20. The number of hydrogen-bond acceptors (Lipinski definition) is 2. The fourth-order valence-corrected chi connectivity index (χ4v) is 0.560. The number of nitrogens with two attached hydrogens (primary N) is 1. The number of hydrogen-bond donors (Lipinski definition) is 2. The maximum atomic E-state index is 6.97. The number of nitrogens with zero attached hydrogens (tertiary/aromatic N) is 2. The molecule has 0 amide bonds. The molecular weight excluding hydrogens is 116 g/mol. The van der Waals surface area contributed by atoms with Gasteiger partial charge in [0.2, 0.25) is 0 Å². The Hall–Kier alpha value is -1.32. The Bertz CT molecular complexity index is 225. The molecule has 9 heavy (non-hydrogen) atoms. The molecule has 0 aliphatic heterocycles. The first-order valence-corrected chi connectivity index (χ1v) is 2.53. The number of nitrogens with one attached hydrogen (secondary N) is 1. The second-order valence-electron chi connectivity index (χ2n) is 1.82. The predicted molar refractivity (Wildman–Crippen MR) is 34.2 cm³/mol. The van der Waals surface area contributed by atoms with E-state index in [-0.39, 0.29) is 5.84 Å². The summed E-state index contributed by atoms with van der Waals surface area (Å²) < 4.78 is 1.61. The van der Waals surface area contributed by atoms with E-state index in [2.05, 4.69) is 5.10 Å². The van der Waals surface area contributed by atoms with Gasteiger partial charge in [-0.05, 0) is 0 Å². The summed E-state index contributed by atoms with van der Waals surface area (Å²) in [5, 5.41) is 10.8. The van der Waals surface area contributed by atoms with Crippen LogP contribution in [0.5, 0.6) is 0 Å². The lowest BCUT2D eigenvalue weighted by molar-refractivity contribution is 0.767. The normalized spacial score (nSPS) is 9.44. The molecule has 0 radical (unpaired) electrons. The molecule has 1 heterocycles. The van der Waals surface area contributed by atoms with Crippen LogP contribution in [0.3, 0.4) is 0 Å². The SMILES string of the molecule is Cn1cc(C(=N)N)cn1. The highest BCUT2D eigenvalue weighted by Crippen LogP contribution is 1.91. The smallest absolute Gasteiger partial charge is 0.125 e. The number of nitrogen functional groups attached to an aromatic ring is 1. The van der Waals surface area contributed by atoms with Gasteiger partial charge in [0, 0.05) is 13.2 Å². The highest BCUT2D eigenvalue weighted by molar-refractivity contribution is 5.94. The minimum Gasteiger partial charge on any atom is -0.384 e. The molecule has 0 aromatic carbocycles. The maximum absolute atomic E-state index is 6.97. The van der Waals surface area contributed by atoms with Gasteiger partial charge in [0.25, 0.3) is 0 Å². The molecule has 4 nitrogen and oxygen atoms in total. The third kappa shape index (κ3) is 1.07. The minimum atomic E-state index is 0.0584. The summed E-state index contributed by atoms with van der Waals surface area (Å²) in [7, 11) is 1.78. The van der Waals surface area contributed by atoms with Crippen molar-refractivity contribution in [3.8, 4) is 0 Å². The van der Waals surface area contributed by atoms with Crippen molar-refractivity contribution in [1.82, 2.24) is 9.78 Å². The highest BCUT2D eigenvalue weighted by atomic mass is 15.2. The molecule has 3 N–H and O–H groups in total. The van der Waals surface area contributed by atoms with Crippen LogP contribution >= 0.6 is 0 Å². The second-order valence-corrected chi connectivity index (χ2v) is 1.82. The van der Waals surface area contributed by atoms with Crippen LogP contribution in [0, 0.1) is 5.41 Å². The monoisotopic (exact) mass is 124 g/mol. The van der Waals surface area contributed by atoms with E-state index < -0.39 is 0 Å². The average molecular weight is 124 g/mol. The van der Waals surface area contributed by atoms with Crippen molar-refractivity contribution in [2.75, 3.05) is 0 Å². The molecule has 0 atom stereocenters. The molecular formula is C5H8N4. The summed E-state index contributed by atoms with van der Waals surface area (Å²) in [5.41, 5.74) is 5.82. The van der Waals surface area contributed by atoms with Gasteiger partial charge < -0.3 is 5.73 Å². The van der Waals surface area contributed by atoms with E-state index in [4.69, 9.17) is 11.1 Å². The third-order valence-electron chi connectivity index (χ3n) is 1.02. The van der Waals surface area contributed by atoms with E-state index in [0.29, 0.717) is 5.56 Å². The molecule has 48 valence electrons. The van der Waals surface area contributed by atoms with E-state index in [1.54, 1.807) is 24.1 Å². The molecule has 0 spiro atoms. The number of amidine groups is 1. The van der Waals surface area contributed by atoms with Crippen LogP contribution in [0.25, 0.3) is 0 Å². The molecule has 0 bridgehead atoms. The van der Waals surface area contributed by atoms with Gasteiger partial charge in [-0.2, -0.15) is 5.10 Å². The van der Waals surface area contributed by atoms with Crippen molar-refractivity contribution in [2.24, 2.45) is 12.8 Å². The first kappa shape index (κ1) is 5.81. The topological polar surface area (TPSA) is 67.7 Å². The Kier molecular flexibility index (Phi) is 1.22. The van der Waals surface area contributed by atoms with Crippen molar-refractivity contribution in [2.45, 2.75) is 0 Å². The van der Waals surface area contributed by atoms with Crippen LogP contribution in [0.2, 0.25) is 0 Å². The summed E-state index contributed by atoms with van der Waals surface area (Å²) in [6.45, 7) is 0. The van der Waals surface area contributed by atoms with Crippen LogP contribution < -0.4 is 5.73 Å². The second kappa shape index (κ2) is 1.89.